The van der Waals surface area contributed by atoms with Gasteiger partial charge < -0.3 is 20.6 Å². The van der Waals surface area contributed by atoms with Gasteiger partial charge in [0.2, 0.25) is 0 Å². The molecule has 1 saturated heterocycles. The van der Waals surface area contributed by atoms with Crippen LogP contribution < -0.4 is 0 Å². The minimum absolute atomic E-state index is 0.799. The molecule has 1 atom stereocenters. The van der Waals surface area contributed by atoms with E-state index in [1.807, 2.05) is 6.08 Å². The molecule has 1 rings (SSSR count). The zero-order valence-electron chi connectivity index (χ0n) is 16.0. The predicted octanol–water partition coefficient (Wildman–Crippen LogP) is 2.45. The molecule has 1 heterocycles. The third-order valence-corrected chi connectivity index (χ3v) is 25.1. The average molecular weight is 427 g/mol. The predicted molar refractivity (Wildman–Crippen MR) is 111 cm³/mol. The molecule has 136 valence electrons. The molecule has 1 aliphatic rings. The normalized spacial score (nSPS) is 26.9. The van der Waals surface area contributed by atoms with Crippen molar-refractivity contribution in [1.29, 1.82) is 0 Å². The van der Waals surface area contributed by atoms with Crippen LogP contribution in [-0.4, -0.2) is 53.8 Å². The van der Waals surface area contributed by atoms with Gasteiger partial charge in [0, 0.05) is 0 Å². The summed E-state index contributed by atoms with van der Waals surface area (Å²) < 4.78 is 31.7. The van der Waals surface area contributed by atoms with Crippen LogP contribution in [0.2, 0.25) is 64.0 Å². The highest BCUT2D eigenvalue weighted by Gasteiger charge is 2.52. The lowest BCUT2D eigenvalue weighted by atomic mass is 10.8. The minimum atomic E-state index is -2.33. The minimum Gasteiger partial charge on any atom is -0.465 e. The SMILES string of the molecule is C=CC[SiH](CC[Si]1(C)O[Si](C)(C)O[Si](C)(C)O[Si](C)(C)O1)O[SiH3]. The van der Waals surface area contributed by atoms with Crippen molar-refractivity contribution in [3.8, 4) is 0 Å². The number of rotatable bonds is 6. The fourth-order valence-electron chi connectivity index (χ4n) is 3.35. The fourth-order valence-corrected chi connectivity index (χ4v) is 29.8. The summed E-state index contributed by atoms with van der Waals surface area (Å²) in [6.07, 6.45) is 1.98. The van der Waals surface area contributed by atoms with E-state index in [9.17, 15) is 0 Å². The van der Waals surface area contributed by atoms with E-state index in [2.05, 4.69) is 52.4 Å². The summed E-state index contributed by atoms with van der Waals surface area (Å²) >= 11 is 0. The van der Waals surface area contributed by atoms with Crippen molar-refractivity contribution in [2.24, 2.45) is 0 Å². The average Bonchev–Trinajstić information content (AvgIpc) is 2.28. The molecule has 0 amide bonds. The van der Waals surface area contributed by atoms with E-state index in [4.69, 9.17) is 20.6 Å². The summed E-state index contributed by atoms with van der Waals surface area (Å²) in [5.41, 5.74) is 0. The van der Waals surface area contributed by atoms with Crippen molar-refractivity contribution in [2.45, 2.75) is 64.0 Å². The topological polar surface area (TPSA) is 46.2 Å². The van der Waals surface area contributed by atoms with Crippen molar-refractivity contribution in [3.05, 3.63) is 12.7 Å². The van der Waals surface area contributed by atoms with Crippen LogP contribution in [0.3, 0.4) is 0 Å². The van der Waals surface area contributed by atoms with Gasteiger partial charge in [0.25, 0.3) is 0 Å². The lowest BCUT2D eigenvalue weighted by Crippen LogP contribution is -2.65. The third kappa shape index (κ3) is 7.72. The molecular formula is C12H34O5Si6. The first-order valence-corrected chi connectivity index (χ1v) is 22.2. The Balaban J connectivity index is 2.91. The Labute approximate surface area is 151 Å². The highest BCUT2D eigenvalue weighted by Crippen LogP contribution is 2.33. The van der Waals surface area contributed by atoms with Crippen molar-refractivity contribution in [1.82, 2.24) is 0 Å². The molecule has 0 aromatic heterocycles. The van der Waals surface area contributed by atoms with Crippen molar-refractivity contribution >= 4 is 53.8 Å². The molecule has 5 nitrogen and oxygen atoms in total. The van der Waals surface area contributed by atoms with Crippen LogP contribution in [0.5, 0.6) is 0 Å². The van der Waals surface area contributed by atoms with Crippen LogP contribution in [0.4, 0.5) is 0 Å². The molecule has 0 radical (unpaired) electrons. The number of hydrogen-bond acceptors (Lipinski definition) is 5. The van der Waals surface area contributed by atoms with Crippen LogP contribution >= 0.6 is 0 Å². The summed E-state index contributed by atoms with van der Waals surface area (Å²) in [6, 6.07) is 3.05. The van der Waals surface area contributed by atoms with Gasteiger partial charge in [0.05, 0.1) is 0 Å². The van der Waals surface area contributed by atoms with Crippen LogP contribution in [0.1, 0.15) is 0 Å². The molecule has 1 unspecified atom stereocenters. The van der Waals surface area contributed by atoms with Crippen molar-refractivity contribution in [2.75, 3.05) is 0 Å². The first kappa shape index (κ1) is 21.9. The van der Waals surface area contributed by atoms with E-state index in [1.165, 1.54) is 0 Å². The van der Waals surface area contributed by atoms with Gasteiger partial charge in [-0.3, -0.25) is 0 Å². The van der Waals surface area contributed by atoms with E-state index in [1.54, 1.807) is 0 Å². The maximum Gasteiger partial charge on any atom is 0.317 e. The summed E-state index contributed by atoms with van der Waals surface area (Å²) in [7, 11) is -9.41. The van der Waals surface area contributed by atoms with Gasteiger partial charge in [-0.05, 0) is 64.0 Å². The summed E-state index contributed by atoms with van der Waals surface area (Å²) in [6.45, 7) is 18.7. The van der Waals surface area contributed by atoms with Gasteiger partial charge in [0.15, 0.2) is 9.04 Å². The van der Waals surface area contributed by atoms with Crippen LogP contribution in [0.25, 0.3) is 0 Å². The summed E-state index contributed by atoms with van der Waals surface area (Å²) in [4.78, 5) is 0. The lowest BCUT2D eigenvalue weighted by molar-refractivity contribution is 0.235. The Hall–Kier alpha value is 0.841. The van der Waals surface area contributed by atoms with Gasteiger partial charge in [0.1, 0.15) is 10.5 Å². The lowest BCUT2D eigenvalue weighted by Gasteiger charge is -2.47. The third-order valence-electron chi connectivity index (χ3n) is 3.59. The Morgan fingerprint density at radius 1 is 0.913 bits per heavy atom. The Kier molecular flexibility index (Phi) is 7.64. The number of allylic oxidation sites excluding steroid dienone is 1. The van der Waals surface area contributed by atoms with Gasteiger partial charge >= 0.3 is 34.2 Å². The Morgan fingerprint density at radius 3 is 1.74 bits per heavy atom. The van der Waals surface area contributed by atoms with Gasteiger partial charge in [-0.2, -0.15) is 0 Å². The maximum atomic E-state index is 6.59. The van der Waals surface area contributed by atoms with Crippen LogP contribution in [0, 0.1) is 0 Å². The zero-order valence-corrected chi connectivity index (χ0v) is 23.2. The van der Waals surface area contributed by atoms with E-state index < -0.39 is 43.3 Å². The van der Waals surface area contributed by atoms with E-state index in [0.717, 1.165) is 28.6 Å². The first-order chi connectivity index (χ1) is 10.3. The van der Waals surface area contributed by atoms with Gasteiger partial charge in [-0.1, -0.05) is 6.08 Å². The van der Waals surface area contributed by atoms with Gasteiger partial charge in [-0.15, -0.1) is 6.58 Å². The second kappa shape index (κ2) is 8.03. The Bertz CT molecular complexity index is 395. The van der Waals surface area contributed by atoms with Crippen LogP contribution in [0.15, 0.2) is 12.7 Å². The molecule has 0 aliphatic carbocycles. The highest BCUT2D eigenvalue weighted by atomic mass is 28.5. The molecule has 0 spiro atoms. The highest BCUT2D eigenvalue weighted by molar-refractivity contribution is 6.93. The molecule has 23 heavy (non-hydrogen) atoms. The second-order valence-corrected chi connectivity index (χ2v) is 26.3. The van der Waals surface area contributed by atoms with Crippen molar-refractivity contribution < 1.29 is 20.6 Å². The molecule has 0 bridgehead atoms. The monoisotopic (exact) mass is 426 g/mol. The van der Waals surface area contributed by atoms with Gasteiger partial charge in [-0.25, -0.2) is 0 Å². The maximum absolute atomic E-state index is 6.59. The smallest absolute Gasteiger partial charge is 0.317 e. The van der Waals surface area contributed by atoms with E-state index >= 15 is 0 Å². The van der Waals surface area contributed by atoms with Crippen LogP contribution in [-0.2, 0) is 20.6 Å². The molecule has 0 N–H and O–H groups in total. The summed E-state index contributed by atoms with van der Waals surface area (Å²) in [5.74, 6) is 0. The quantitative estimate of drug-likeness (QED) is 0.482. The van der Waals surface area contributed by atoms with E-state index in [0.29, 0.717) is 0 Å². The molecular weight excluding hydrogens is 393 g/mol. The molecule has 0 saturated carbocycles. The largest absolute Gasteiger partial charge is 0.465 e. The van der Waals surface area contributed by atoms with E-state index in [-0.39, 0.29) is 0 Å². The zero-order chi connectivity index (χ0) is 17.9. The Morgan fingerprint density at radius 2 is 1.35 bits per heavy atom. The molecule has 0 aromatic rings. The first-order valence-electron chi connectivity index (χ1n) is 8.26. The molecule has 1 aliphatic heterocycles. The second-order valence-electron chi connectivity index (χ2n) is 7.66. The fraction of sp³-hybridized carbons (Fsp3) is 0.833. The number of hydrogen-bond donors (Lipinski definition) is 0. The molecule has 0 aromatic carbocycles. The molecule has 11 heteroatoms. The summed E-state index contributed by atoms with van der Waals surface area (Å²) in [5, 5.41) is 0. The van der Waals surface area contributed by atoms with Crippen molar-refractivity contribution in [3.63, 3.8) is 0 Å². The standard InChI is InChI=1S/C12H34O5Si6/c1-9-10-19(13-18)11-12-23(8)16-21(4,5)14-20(2,3)15-22(6,7)17-23/h9,19H,1,10-12H2,2-8,18H3. The molecule has 1 fully saturated rings.